The number of nitrogens with two attached hydrogens (primary N) is 1. The molecule has 0 saturated heterocycles. The van der Waals surface area contributed by atoms with Crippen molar-refractivity contribution < 1.29 is 0 Å². The van der Waals surface area contributed by atoms with Gasteiger partial charge in [-0.1, -0.05) is 30.3 Å². The smallest absolute Gasteiger partial charge is 0.0712 e. The Bertz CT molecular complexity index is 581. The Balaban J connectivity index is 1.84. The average Bonchev–Trinajstić information content (AvgIpc) is 3.19. The van der Waals surface area contributed by atoms with Crippen LogP contribution in [-0.2, 0) is 6.54 Å². The molecule has 3 unspecified atom stereocenters. The number of aromatic nitrogens is 2. The fourth-order valence-electron chi connectivity index (χ4n) is 3.00. The second kappa shape index (κ2) is 5.68. The maximum absolute atomic E-state index is 5.83. The molecular formula is C15H19BrN4. The number of hydrogen-bond donors (Lipinski definition) is 2. The molecule has 0 spiro atoms. The number of nitrogens with zero attached hydrogens (tertiary/aromatic N) is 2. The van der Waals surface area contributed by atoms with Crippen LogP contribution in [-0.4, -0.2) is 9.78 Å². The molecule has 1 aromatic carbocycles. The Labute approximate surface area is 127 Å². The minimum absolute atomic E-state index is 0.136. The lowest BCUT2D eigenvalue weighted by Gasteiger charge is -2.18. The Morgan fingerprint density at radius 1 is 1.45 bits per heavy atom. The van der Waals surface area contributed by atoms with Crippen molar-refractivity contribution in [3.05, 3.63) is 52.3 Å². The maximum Gasteiger partial charge on any atom is 0.0712 e. The third kappa shape index (κ3) is 2.41. The molecule has 1 aromatic heterocycles. The van der Waals surface area contributed by atoms with E-state index in [1.807, 2.05) is 10.9 Å². The second-order valence-electron chi connectivity index (χ2n) is 5.25. The fourth-order valence-corrected chi connectivity index (χ4v) is 3.55. The Morgan fingerprint density at radius 2 is 2.20 bits per heavy atom. The van der Waals surface area contributed by atoms with Crippen molar-refractivity contribution >= 4 is 15.9 Å². The zero-order valence-electron chi connectivity index (χ0n) is 11.5. The van der Waals surface area contributed by atoms with Crippen molar-refractivity contribution in [2.45, 2.75) is 31.8 Å². The molecule has 2 aromatic rings. The highest BCUT2D eigenvalue weighted by Crippen LogP contribution is 2.54. The standard InChI is InChI=1S/C15H19BrN4/c1-2-20-15(13(16)9-18-20)14(19-17)12-8-11(12)10-6-4-3-5-7-10/h3-7,9,11-12,14,19H,2,8,17H2,1H3. The van der Waals surface area contributed by atoms with E-state index in [1.54, 1.807) is 0 Å². The summed E-state index contributed by atoms with van der Waals surface area (Å²) in [5, 5.41) is 4.39. The first-order valence-electron chi connectivity index (χ1n) is 6.98. The van der Waals surface area contributed by atoms with Crippen LogP contribution < -0.4 is 11.3 Å². The van der Waals surface area contributed by atoms with Crippen LogP contribution in [0, 0.1) is 5.92 Å². The SMILES string of the molecule is CCn1ncc(Br)c1C(NN)C1CC1c1ccccc1. The van der Waals surface area contributed by atoms with Gasteiger partial charge in [-0.25, -0.2) is 0 Å². The van der Waals surface area contributed by atoms with Gasteiger partial charge in [0.05, 0.1) is 22.4 Å². The molecule has 0 bridgehead atoms. The molecule has 1 fully saturated rings. The molecule has 0 radical (unpaired) electrons. The monoisotopic (exact) mass is 334 g/mol. The highest BCUT2D eigenvalue weighted by atomic mass is 79.9. The quantitative estimate of drug-likeness (QED) is 0.652. The molecule has 0 amide bonds. The summed E-state index contributed by atoms with van der Waals surface area (Å²) in [5.74, 6) is 6.94. The van der Waals surface area contributed by atoms with E-state index in [1.165, 1.54) is 12.0 Å². The van der Waals surface area contributed by atoms with E-state index in [2.05, 4.69) is 63.7 Å². The van der Waals surface area contributed by atoms with E-state index >= 15 is 0 Å². The maximum atomic E-state index is 5.83. The molecule has 20 heavy (non-hydrogen) atoms. The van der Waals surface area contributed by atoms with Crippen molar-refractivity contribution in [3.63, 3.8) is 0 Å². The summed E-state index contributed by atoms with van der Waals surface area (Å²) in [6.45, 7) is 2.94. The van der Waals surface area contributed by atoms with E-state index in [-0.39, 0.29) is 6.04 Å². The summed E-state index contributed by atoms with van der Waals surface area (Å²) in [4.78, 5) is 0. The summed E-state index contributed by atoms with van der Waals surface area (Å²) in [7, 11) is 0. The molecule has 5 heteroatoms. The predicted octanol–water partition coefficient (Wildman–Crippen LogP) is 2.97. The molecule has 1 heterocycles. The van der Waals surface area contributed by atoms with Crippen molar-refractivity contribution in [3.8, 4) is 0 Å². The van der Waals surface area contributed by atoms with Gasteiger partial charge in [-0.2, -0.15) is 5.10 Å². The normalized spacial score (nSPS) is 22.8. The van der Waals surface area contributed by atoms with Gasteiger partial charge in [0.15, 0.2) is 0 Å². The first kappa shape index (κ1) is 13.8. The lowest BCUT2D eigenvalue weighted by atomic mass is 10.0. The van der Waals surface area contributed by atoms with Crippen LogP contribution >= 0.6 is 15.9 Å². The van der Waals surface area contributed by atoms with Gasteiger partial charge in [0.1, 0.15) is 0 Å². The van der Waals surface area contributed by atoms with Crippen LogP contribution in [0.5, 0.6) is 0 Å². The largest absolute Gasteiger partial charge is 0.271 e. The van der Waals surface area contributed by atoms with E-state index < -0.39 is 0 Å². The molecule has 3 rings (SSSR count). The van der Waals surface area contributed by atoms with Crippen LogP contribution in [0.15, 0.2) is 41.0 Å². The number of aryl methyl sites for hydroxylation is 1. The zero-order chi connectivity index (χ0) is 14.1. The summed E-state index contributed by atoms with van der Waals surface area (Å²) in [6.07, 6.45) is 3.02. The van der Waals surface area contributed by atoms with Gasteiger partial charge in [0.2, 0.25) is 0 Å². The van der Waals surface area contributed by atoms with Crippen molar-refractivity contribution in [2.24, 2.45) is 11.8 Å². The number of hydrogen-bond acceptors (Lipinski definition) is 3. The molecular weight excluding hydrogens is 316 g/mol. The second-order valence-corrected chi connectivity index (χ2v) is 6.11. The summed E-state index contributed by atoms with van der Waals surface area (Å²) >= 11 is 3.59. The van der Waals surface area contributed by atoms with Crippen LogP contribution in [0.3, 0.4) is 0 Å². The van der Waals surface area contributed by atoms with Gasteiger partial charge < -0.3 is 0 Å². The van der Waals surface area contributed by atoms with Gasteiger partial charge in [0.25, 0.3) is 0 Å². The van der Waals surface area contributed by atoms with Crippen LogP contribution in [0.4, 0.5) is 0 Å². The van der Waals surface area contributed by atoms with E-state index in [4.69, 9.17) is 5.84 Å². The third-order valence-corrected chi connectivity index (χ3v) is 4.71. The molecule has 3 atom stereocenters. The van der Waals surface area contributed by atoms with Crippen LogP contribution in [0.1, 0.15) is 36.6 Å². The molecule has 1 aliphatic rings. The predicted molar refractivity (Wildman–Crippen MR) is 83.0 cm³/mol. The molecule has 1 aliphatic carbocycles. The van der Waals surface area contributed by atoms with Gasteiger partial charge >= 0.3 is 0 Å². The highest BCUT2D eigenvalue weighted by Gasteiger charge is 2.45. The van der Waals surface area contributed by atoms with Crippen LogP contribution in [0.25, 0.3) is 0 Å². The number of halogens is 1. The molecule has 1 saturated carbocycles. The summed E-state index contributed by atoms with van der Waals surface area (Å²) in [5.41, 5.74) is 5.54. The van der Waals surface area contributed by atoms with Gasteiger partial charge in [-0.15, -0.1) is 0 Å². The Kier molecular flexibility index (Phi) is 3.92. The highest BCUT2D eigenvalue weighted by molar-refractivity contribution is 9.10. The number of nitrogens with one attached hydrogen (secondary N) is 1. The van der Waals surface area contributed by atoms with Crippen molar-refractivity contribution in [1.29, 1.82) is 0 Å². The van der Waals surface area contributed by atoms with Gasteiger partial charge in [-0.05, 0) is 46.7 Å². The molecule has 0 aliphatic heterocycles. The van der Waals surface area contributed by atoms with Crippen LogP contribution in [0.2, 0.25) is 0 Å². The minimum atomic E-state index is 0.136. The Morgan fingerprint density at radius 3 is 2.85 bits per heavy atom. The topological polar surface area (TPSA) is 55.9 Å². The number of rotatable bonds is 5. The fraction of sp³-hybridized carbons (Fsp3) is 0.400. The van der Waals surface area contributed by atoms with E-state index in [9.17, 15) is 0 Å². The first-order chi connectivity index (χ1) is 9.76. The lowest BCUT2D eigenvalue weighted by Crippen LogP contribution is -2.32. The number of benzene rings is 1. The van der Waals surface area contributed by atoms with Gasteiger partial charge in [-0.3, -0.25) is 16.0 Å². The first-order valence-corrected chi connectivity index (χ1v) is 7.77. The van der Waals surface area contributed by atoms with Crippen molar-refractivity contribution in [2.75, 3.05) is 0 Å². The van der Waals surface area contributed by atoms with Gasteiger partial charge in [0, 0.05) is 6.54 Å². The lowest BCUT2D eigenvalue weighted by molar-refractivity contribution is 0.442. The molecule has 3 N–H and O–H groups in total. The summed E-state index contributed by atoms with van der Waals surface area (Å²) < 4.78 is 3.04. The summed E-state index contributed by atoms with van der Waals surface area (Å²) in [6, 6.07) is 10.8. The third-order valence-electron chi connectivity index (χ3n) is 4.10. The molecule has 4 nitrogen and oxygen atoms in total. The zero-order valence-corrected chi connectivity index (χ0v) is 13.0. The van der Waals surface area contributed by atoms with Crippen molar-refractivity contribution in [1.82, 2.24) is 15.2 Å². The average molecular weight is 335 g/mol. The Hall–Kier alpha value is -1.17. The molecule has 106 valence electrons. The number of hydrazine groups is 1. The van der Waals surface area contributed by atoms with E-state index in [0.29, 0.717) is 11.8 Å². The minimum Gasteiger partial charge on any atom is -0.271 e. The van der Waals surface area contributed by atoms with E-state index in [0.717, 1.165) is 16.7 Å².